The minimum atomic E-state index is -0.595. The zero-order valence-electron chi connectivity index (χ0n) is 10.2. The van der Waals surface area contributed by atoms with Crippen LogP contribution in [0.25, 0.3) is 22.3 Å². The first kappa shape index (κ1) is 12.1. The molecule has 0 fully saturated rings. The number of nitrogens with zero attached hydrogens (tertiary/aromatic N) is 2. The molecule has 0 saturated carbocycles. The molecule has 0 aliphatic rings. The number of nitrogens with one attached hydrogen (secondary N) is 1. The number of benzene rings is 2. The van der Waals surface area contributed by atoms with Gasteiger partial charge in [0.15, 0.2) is 0 Å². The minimum absolute atomic E-state index is 0.0119. The molecule has 1 aromatic heterocycles. The summed E-state index contributed by atoms with van der Waals surface area (Å²) in [6.07, 6.45) is 0. The highest BCUT2D eigenvalue weighted by atomic mass is 19.1. The van der Waals surface area contributed by atoms with Crippen LogP contribution in [0.3, 0.4) is 0 Å². The standard InChI is InChI=1S/C15H8FN3O/c16-11-6-3-4-9(8-17)13(11)14-18-12-7-2-1-5-10(12)15(20)19-14/h1-7H,(H,18,19,20). The van der Waals surface area contributed by atoms with Crippen molar-refractivity contribution in [3.63, 3.8) is 0 Å². The van der Waals surface area contributed by atoms with Crippen molar-refractivity contribution in [2.45, 2.75) is 0 Å². The predicted octanol–water partition coefficient (Wildman–Crippen LogP) is 2.60. The number of aromatic amines is 1. The summed E-state index contributed by atoms with van der Waals surface area (Å²) >= 11 is 0. The van der Waals surface area contributed by atoms with E-state index in [1.54, 1.807) is 24.3 Å². The van der Waals surface area contributed by atoms with Crippen molar-refractivity contribution >= 4 is 10.9 Å². The summed E-state index contributed by atoms with van der Waals surface area (Å²) < 4.78 is 13.9. The second-order valence-electron chi connectivity index (χ2n) is 4.21. The Kier molecular flexibility index (Phi) is 2.77. The molecular formula is C15H8FN3O. The van der Waals surface area contributed by atoms with Gasteiger partial charge in [0.2, 0.25) is 0 Å². The van der Waals surface area contributed by atoms with Crippen molar-refractivity contribution in [2.75, 3.05) is 0 Å². The number of fused-ring (bicyclic) bond motifs is 1. The molecule has 0 saturated heterocycles. The van der Waals surface area contributed by atoms with E-state index in [0.717, 1.165) is 0 Å². The van der Waals surface area contributed by atoms with Gasteiger partial charge in [-0.15, -0.1) is 0 Å². The fourth-order valence-electron chi connectivity index (χ4n) is 2.06. The highest BCUT2D eigenvalue weighted by molar-refractivity contribution is 5.80. The van der Waals surface area contributed by atoms with Crippen LogP contribution in [0.2, 0.25) is 0 Å². The molecule has 0 atom stereocenters. The number of hydrogen-bond donors (Lipinski definition) is 1. The minimum Gasteiger partial charge on any atom is -0.306 e. The molecule has 5 heteroatoms. The van der Waals surface area contributed by atoms with E-state index in [4.69, 9.17) is 5.26 Å². The van der Waals surface area contributed by atoms with E-state index in [0.29, 0.717) is 10.9 Å². The summed E-state index contributed by atoms with van der Waals surface area (Å²) in [6.45, 7) is 0. The van der Waals surface area contributed by atoms with E-state index in [1.807, 2.05) is 6.07 Å². The van der Waals surface area contributed by atoms with E-state index in [1.165, 1.54) is 18.2 Å². The Hall–Kier alpha value is -3.00. The third-order valence-corrected chi connectivity index (χ3v) is 2.98. The van der Waals surface area contributed by atoms with Crippen molar-refractivity contribution in [1.82, 2.24) is 9.97 Å². The zero-order chi connectivity index (χ0) is 14.1. The number of H-pyrrole nitrogens is 1. The van der Waals surface area contributed by atoms with Gasteiger partial charge in [-0.25, -0.2) is 9.37 Å². The van der Waals surface area contributed by atoms with E-state index in [-0.39, 0.29) is 22.5 Å². The Morgan fingerprint density at radius 2 is 1.95 bits per heavy atom. The Labute approximate surface area is 113 Å². The quantitative estimate of drug-likeness (QED) is 0.735. The molecule has 4 nitrogen and oxygen atoms in total. The van der Waals surface area contributed by atoms with E-state index < -0.39 is 5.82 Å². The molecule has 20 heavy (non-hydrogen) atoms. The van der Waals surface area contributed by atoms with Crippen molar-refractivity contribution in [3.8, 4) is 17.5 Å². The maximum absolute atomic E-state index is 13.9. The van der Waals surface area contributed by atoms with E-state index in [2.05, 4.69) is 9.97 Å². The summed E-state index contributed by atoms with van der Waals surface area (Å²) in [7, 11) is 0. The molecular weight excluding hydrogens is 257 g/mol. The monoisotopic (exact) mass is 265 g/mol. The van der Waals surface area contributed by atoms with Crippen molar-refractivity contribution in [1.29, 1.82) is 5.26 Å². The molecule has 3 rings (SSSR count). The predicted molar refractivity (Wildman–Crippen MR) is 72.5 cm³/mol. The first-order valence-corrected chi connectivity index (χ1v) is 5.89. The second kappa shape index (κ2) is 4.59. The molecule has 96 valence electrons. The Morgan fingerprint density at radius 3 is 2.75 bits per heavy atom. The molecule has 0 spiro atoms. The summed E-state index contributed by atoms with van der Waals surface area (Å²) in [5.74, 6) is -0.536. The SMILES string of the molecule is N#Cc1cccc(F)c1-c1nc2ccccc2c(=O)[nH]1. The van der Waals surface area contributed by atoms with Crippen LogP contribution in [0.1, 0.15) is 5.56 Å². The number of halogens is 1. The van der Waals surface area contributed by atoms with Gasteiger partial charge in [-0.1, -0.05) is 18.2 Å². The van der Waals surface area contributed by atoms with Crippen molar-refractivity contribution in [2.24, 2.45) is 0 Å². The summed E-state index contributed by atoms with van der Waals surface area (Å²) in [5, 5.41) is 9.47. The largest absolute Gasteiger partial charge is 0.306 e. The van der Waals surface area contributed by atoms with Gasteiger partial charge in [0.05, 0.1) is 28.1 Å². The van der Waals surface area contributed by atoms with E-state index >= 15 is 0 Å². The maximum Gasteiger partial charge on any atom is 0.259 e. The number of aromatic nitrogens is 2. The number of nitriles is 1. The lowest BCUT2D eigenvalue weighted by Gasteiger charge is -2.06. The Balaban J connectivity index is 2.37. The van der Waals surface area contributed by atoms with Crippen molar-refractivity contribution < 1.29 is 4.39 Å². The molecule has 0 aliphatic carbocycles. The number of rotatable bonds is 1. The van der Waals surface area contributed by atoms with Gasteiger partial charge in [-0.05, 0) is 24.3 Å². The first-order chi connectivity index (χ1) is 9.70. The van der Waals surface area contributed by atoms with Gasteiger partial charge < -0.3 is 4.98 Å². The molecule has 0 aliphatic heterocycles. The highest BCUT2D eigenvalue weighted by Crippen LogP contribution is 2.23. The van der Waals surface area contributed by atoms with Crippen LogP contribution < -0.4 is 5.56 Å². The van der Waals surface area contributed by atoms with Gasteiger partial charge in [-0.3, -0.25) is 4.79 Å². The van der Waals surface area contributed by atoms with Crippen LogP contribution in [0.5, 0.6) is 0 Å². The molecule has 0 radical (unpaired) electrons. The van der Waals surface area contributed by atoms with Crippen LogP contribution in [0, 0.1) is 17.1 Å². The topological polar surface area (TPSA) is 69.5 Å². The lowest BCUT2D eigenvalue weighted by atomic mass is 10.1. The lowest BCUT2D eigenvalue weighted by Crippen LogP contribution is -2.10. The zero-order valence-corrected chi connectivity index (χ0v) is 10.2. The van der Waals surface area contributed by atoms with Crippen LogP contribution in [-0.2, 0) is 0 Å². The summed E-state index contributed by atoms with van der Waals surface area (Å²) in [4.78, 5) is 18.7. The van der Waals surface area contributed by atoms with Crippen LogP contribution in [0.15, 0.2) is 47.3 Å². The Bertz CT molecular complexity index is 909. The summed E-state index contributed by atoms with van der Waals surface area (Å²) in [6, 6.07) is 12.8. The molecule has 0 amide bonds. The van der Waals surface area contributed by atoms with Crippen LogP contribution >= 0.6 is 0 Å². The van der Waals surface area contributed by atoms with Gasteiger partial charge in [-0.2, -0.15) is 5.26 Å². The van der Waals surface area contributed by atoms with Gasteiger partial charge >= 0.3 is 0 Å². The lowest BCUT2D eigenvalue weighted by molar-refractivity contribution is 0.629. The fraction of sp³-hybridized carbons (Fsp3) is 0. The van der Waals surface area contributed by atoms with E-state index in [9.17, 15) is 9.18 Å². The van der Waals surface area contributed by atoms with Crippen molar-refractivity contribution in [3.05, 3.63) is 64.2 Å². The Morgan fingerprint density at radius 1 is 1.15 bits per heavy atom. The number of hydrogen-bond acceptors (Lipinski definition) is 3. The summed E-state index contributed by atoms with van der Waals surface area (Å²) in [5.41, 5.74) is 0.234. The smallest absolute Gasteiger partial charge is 0.259 e. The third-order valence-electron chi connectivity index (χ3n) is 2.98. The number of para-hydroxylation sites is 1. The average molecular weight is 265 g/mol. The average Bonchev–Trinajstić information content (AvgIpc) is 2.46. The first-order valence-electron chi connectivity index (χ1n) is 5.89. The second-order valence-corrected chi connectivity index (χ2v) is 4.21. The fourth-order valence-corrected chi connectivity index (χ4v) is 2.06. The molecule has 2 aromatic carbocycles. The van der Waals surface area contributed by atoms with Gasteiger partial charge in [0.1, 0.15) is 11.6 Å². The molecule has 0 unspecified atom stereocenters. The maximum atomic E-state index is 13.9. The third kappa shape index (κ3) is 1.84. The molecule has 0 bridgehead atoms. The van der Waals surface area contributed by atoms with Crippen LogP contribution in [-0.4, -0.2) is 9.97 Å². The van der Waals surface area contributed by atoms with Gasteiger partial charge in [0, 0.05) is 0 Å². The molecule has 3 aromatic rings. The molecule has 1 heterocycles. The highest BCUT2D eigenvalue weighted by Gasteiger charge is 2.14. The van der Waals surface area contributed by atoms with Crippen LogP contribution in [0.4, 0.5) is 4.39 Å². The normalized spacial score (nSPS) is 10.4. The molecule has 1 N–H and O–H groups in total. The van der Waals surface area contributed by atoms with Gasteiger partial charge in [0.25, 0.3) is 5.56 Å².